The molecule has 2 aliphatic heterocycles. The molecule has 1 unspecified atom stereocenters. The largest absolute Gasteiger partial charge is 0.481 e. The van der Waals surface area contributed by atoms with Gasteiger partial charge in [-0.3, -0.25) is 9.59 Å². The average Bonchev–Trinajstić information content (AvgIpc) is 3.15. The first-order valence-electron chi connectivity index (χ1n) is 10.2. The van der Waals surface area contributed by atoms with Crippen molar-refractivity contribution in [3.63, 3.8) is 0 Å². The summed E-state index contributed by atoms with van der Waals surface area (Å²) in [5.41, 5.74) is 2.01. The van der Waals surface area contributed by atoms with E-state index in [1.165, 1.54) is 0 Å². The molecule has 0 N–H and O–H groups in total. The van der Waals surface area contributed by atoms with Crippen molar-refractivity contribution in [2.24, 2.45) is 5.92 Å². The minimum atomic E-state index is -0.285. The Balaban J connectivity index is 1.37. The number of amides is 2. The second-order valence-corrected chi connectivity index (χ2v) is 7.87. The molecule has 2 amide bonds. The maximum atomic E-state index is 13.1. The van der Waals surface area contributed by atoms with Gasteiger partial charge in [0.2, 0.25) is 17.7 Å². The summed E-state index contributed by atoms with van der Waals surface area (Å²) in [6, 6.07) is 9.68. The first-order chi connectivity index (χ1) is 14.4. The van der Waals surface area contributed by atoms with Crippen LogP contribution in [-0.2, 0) is 9.59 Å². The lowest BCUT2D eigenvalue weighted by Gasteiger charge is -2.36. The molecule has 1 atom stereocenters. The minimum Gasteiger partial charge on any atom is -0.481 e. The highest BCUT2D eigenvalue weighted by Gasteiger charge is 2.38. The molecule has 30 heavy (non-hydrogen) atoms. The van der Waals surface area contributed by atoms with Gasteiger partial charge in [0.25, 0.3) is 0 Å². The lowest BCUT2D eigenvalue weighted by atomic mass is 10.1. The number of hydrogen-bond acceptors (Lipinski definition) is 6. The highest BCUT2D eigenvalue weighted by molar-refractivity contribution is 6.00. The Morgan fingerprint density at radius 2 is 1.77 bits per heavy atom. The first-order valence-corrected chi connectivity index (χ1v) is 10.2. The molecule has 4 rings (SSSR count). The highest BCUT2D eigenvalue weighted by Crippen LogP contribution is 2.27. The van der Waals surface area contributed by atoms with Crippen molar-refractivity contribution in [3.8, 4) is 5.88 Å². The number of carbonyl (C=O) groups excluding carboxylic acids is 2. The smallest absolute Gasteiger partial charge is 0.228 e. The second kappa shape index (κ2) is 8.30. The third kappa shape index (κ3) is 4.08. The predicted octanol–water partition coefficient (Wildman–Crippen LogP) is 1.80. The van der Waals surface area contributed by atoms with E-state index in [9.17, 15) is 9.59 Å². The molecule has 2 aliphatic rings. The van der Waals surface area contributed by atoms with E-state index < -0.39 is 0 Å². The summed E-state index contributed by atoms with van der Waals surface area (Å²) in [5.74, 6) is 1.80. The molecule has 0 radical (unpaired) electrons. The third-order valence-electron chi connectivity index (χ3n) is 5.75. The van der Waals surface area contributed by atoms with E-state index >= 15 is 0 Å². The van der Waals surface area contributed by atoms with Gasteiger partial charge in [-0.25, -0.2) is 4.98 Å². The Kier molecular flexibility index (Phi) is 5.57. The molecule has 3 heterocycles. The number of piperazine rings is 1. The van der Waals surface area contributed by atoms with Crippen molar-refractivity contribution in [3.05, 3.63) is 41.7 Å². The van der Waals surface area contributed by atoms with Gasteiger partial charge in [0.1, 0.15) is 11.6 Å². The summed E-state index contributed by atoms with van der Waals surface area (Å²) in [4.78, 5) is 40.0. The lowest BCUT2D eigenvalue weighted by Crippen LogP contribution is -2.51. The molecular weight excluding hydrogens is 382 g/mol. The summed E-state index contributed by atoms with van der Waals surface area (Å²) >= 11 is 0. The Labute approximate surface area is 176 Å². The van der Waals surface area contributed by atoms with Crippen LogP contribution in [0, 0.1) is 19.8 Å². The van der Waals surface area contributed by atoms with Gasteiger partial charge in [0.05, 0.1) is 13.0 Å². The van der Waals surface area contributed by atoms with Crippen LogP contribution >= 0.6 is 0 Å². The van der Waals surface area contributed by atoms with Crippen LogP contribution in [0.2, 0.25) is 0 Å². The van der Waals surface area contributed by atoms with Gasteiger partial charge in [-0.2, -0.15) is 4.98 Å². The maximum Gasteiger partial charge on any atom is 0.228 e. The number of aryl methyl sites for hydroxylation is 2. The SMILES string of the molecule is COc1cc(N2CCN(C(=O)C3CC(=O)N(c4ccc(C)cc4)C3)CC2)nc(C)n1. The molecule has 2 fully saturated rings. The zero-order valence-corrected chi connectivity index (χ0v) is 17.7. The predicted molar refractivity (Wildman–Crippen MR) is 114 cm³/mol. The van der Waals surface area contributed by atoms with Crippen LogP contribution in [0.5, 0.6) is 5.88 Å². The van der Waals surface area contributed by atoms with Crippen molar-refractivity contribution < 1.29 is 14.3 Å². The second-order valence-electron chi connectivity index (χ2n) is 7.87. The maximum absolute atomic E-state index is 13.1. The lowest BCUT2D eigenvalue weighted by molar-refractivity contribution is -0.136. The number of aromatic nitrogens is 2. The summed E-state index contributed by atoms with van der Waals surface area (Å²) in [7, 11) is 1.59. The molecular formula is C22H27N5O3. The Morgan fingerprint density at radius 3 is 2.43 bits per heavy atom. The Bertz CT molecular complexity index is 938. The van der Waals surface area contributed by atoms with Crippen LogP contribution in [0.1, 0.15) is 17.8 Å². The van der Waals surface area contributed by atoms with Gasteiger partial charge in [0.15, 0.2) is 0 Å². The van der Waals surface area contributed by atoms with E-state index in [-0.39, 0.29) is 24.2 Å². The van der Waals surface area contributed by atoms with Crippen LogP contribution in [0.25, 0.3) is 0 Å². The summed E-state index contributed by atoms with van der Waals surface area (Å²) in [5, 5.41) is 0. The van der Waals surface area contributed by atoms with Gasteiger partial charge < -0.3 is 19.4 Å². The van der Waals surface area contributed by atoms with Crippen molar-refractivity contribution in [2.75, 3.05) is 49.6 Å². The summed E-state index contributed by atoms with van der Waals surface area (Å²) in [6.07, 6.45) is 0.273. The fourth-order valence-electron chi connectivity index (χ4n) is 4.05. The Hall–Kier alpha value is -3.16. The van der Waals surface area contributed by atoms with E-state index in [2.05, 4.69) is 14.9 Å². The van der Waals surface area contributed by atoms with Crippen LogP contribution < -0.4 is 14.5 Å². The van der Waals surface area contributed by atoms with E-state index in [0.717, 1.165) is 17.1 Å². The number of carbonyl (C=O) groups is 2. The number of hydrogen-bond donors (Lipinski definition) is 0. The van der Waals surface area contributed by atoms with E-state index in [1.54, 1.807) is 12.0 Å². The summed E-state index contributed by atoms with van der Waals surface area (Å²) in [6.45, 7) is 6.90. The number of ether oxygens (including phenoxy) is 1. The van der Waals surface area contributed by atoms with Gasteiger partial charge in [-0.1, -0.05) is 17.7 Å². The minimum absolute atomic E-state index is 0.0133. The van der Waals surface area contributed by atoms with Gasteiger partial charge >= 0.3 is 0 Å². The van der Waals surface area contributed by atoms with Crippen LogP contribution in [-0.4, -0.2) is 66.5 Å². The van der Waals surface area contributed by atoms with Gasteiger partial charge in [-0.05, 0) is 26.0 Å². The molecule has 8 heteroatoms. The monoisotopic (exact) mass is 409 g/mol. The number of methoxy groups -OCH3 is 1. The summed E-state index contributed by atoms with van der Waals surface area (Å²) < 4.78 is 5.24. The fourth-order valence-corrected chi connectivity index (χ4v) is 4.05. The standard InChI is InChI=1S/C22H27N5O3/c1-15-4-6-18(7-5-15)27-14-17(12-21(27)28)22(29)26-10-8-25(9-11-26)19-13-20(30-3)24-16(2)23-19/h4-7,13,17H,8-12,14H2,1-3H3. The molecule has 0 aliphatic carbocycles. The molecule has 0 spiro atoms. The fraction of sp³-hybridized carbons (Fsp3) is 0.455. The number of rotatable bonds is 4. The van der Waals surface area contributed by atoms with Gasteiger partial charge in [0, 0.05) is 50.9 Å². The van der Waals surface area contributed by atoms with Crippen molar-refractivity contribution >= 4 is 23.3 Å². The van der Waals surface area contributed by atoms with Crippen molar-refractivity contribution in [1.29, 1.82) is 0 Å². The number of nitrogens with zero attached hydrogens (tertiary/aromatic N) is 5. The molecule has 0 bridgehead atoms. The highest BCUT2D eigenvalue weighted by atomic mass is 16.5. The van der Waals surface area contributed by atoms with Gasteiger partial charge in [-0.15, -0.1) is 0 Å². The van der Waals surface area contributed by atoms with Crippen molar-refractivity contribution in [1.82, 2.24) is 14.9 Å². The van der Waals surface area contributed by atoms with Crippen molar-refractivity contribution in [2.45, 2.75) is 20.3 Å². The Morgan fingerprint density at radius 1 is 1.07 bits per heavy atom. The van der Waals surface area contributed by atoms with E-state index in [1.807, 2.05) is 49.1 Å². The number of benzene rings is 1. The van der Waals surface area contributed by atoms with E-state index in [0.29, 0.717) is 44.4 Å². The zero-order chi connectivity index (χ0) is 21.3. The van der Waals surface area contributed by atoms with Crippen LogP contribution in [0.3, 0.4) is 0 Å². The molecule has 0 saturated carbocycles. The molecule has 8 nitrogen and oxygen atoms in total. The van der Waals surface area contributed by atoms with E-state index in [4.69, 9.17) is 4.74 Å². The average molecular weight is 409 g/mol. The quantitative estimate of drug-likeness (QED) is 0.766. The third-order valence-corrected chi connectivity index (χ3v) is 5.75. The molecule has 1 aromatic heterocycles. The molecule has 1 aromatic carbocycles. The molecule has 2 saturated heterocycles. The normalized spacial score (nSPS) is 19.4. The topological polar surface area (TPSA) is 78.9 Å². The first kappa shape index (κ1) is 20.1. The van der Waals surface area contributed by atoms with Crippen LogP contribution in [0.4, 0.5) is 11.5 Å². The van der Waals surface area contributed by atoms with Crippen LogP contribution in [0.15, 0.2) is 30.3 Å². The number of anilines is 2. The molecule has 158 valence electrons. The molecule has 2 aromatic rings. The zero-order valence-electron chi connectivity index (χ0n) is 17.7.